The van der Waals surface area contributed by atoms with Crippen molar-refractivity contribution in [1.29, 1.82) is 0 Å². The van der Waals surface area contributed by atoms with Gasteiger partial charge in [0.2, 0.25) is 0 Å². The number of halogens is 1. The van der Waals surface area contributed by atoms with E-state index in [4.69, 9.17) is 16.3 Å². The lowest BCUT2D eigenvalue weighted by molar-refractivity contribution is -0.139. The van der Waals surface area contributed by atoms with E-state index in [1.807, 2.05) is 6.07 Å². The summed E-state index contributed by atoms with van der Waals surface area (Å²) >= 11 is 6.06. The van der Waals surface area contributed by atoms with Gasteiger partial charge >= 0.3 is 5.97 Å². The average Bonchev–Trinajstić information content (AvgIpc) is 2.79. The van der Waals surface area contributed by atoms with Gasteiger partial charge < -0.3 is 19.3 Å². The quantitative estimate of drug-likeness (QED) is 0.928. The van der Waals surface area contributed by atoms with Gasteiger partial charge in [0, 0.05) is 48.7 Å². The lowest BCUT2D eigenvalue weighted by Gasteiger charge is -2.31. The monoisotopic (exact) mass is 336 g/mol. The summed E-state index contributed by atoms with van der Waals surface area (Å²) in [6.07, 6.45) is 0. The van der Waals surface area contributed by atoms with Gasteiger partial charge in [-0.1, -0.05) is 11.6 Å². The molecule has 2 aromatic rings. The Morgan fingerprint density at radius 2 is 2.22 bits per heavy atom. The smallest absolute Gasteiger partial charge is 0.312 e. The molecule has 2 heterocycles. The number of carboxylic acids is 1. The number of nitrogens with zero attached hydrogens (tertiary/aromatic N) is 2. The van der Waals surface area contributed by atoms with Crippen LogP contribution in [0.4, 0.5) is 0 Å². The number of hydrogen-bond donors (Lipinski definition) is 1. The predicted octanol–water partition coefficient (Wildman–Crippen LogP) is 2.10. The second-order valence-electron chi connectivity index (χ2n) is 5.62. The highest BCUT2D eigenvalue weighted by atomic mass is 35.5. The van der Waals surface area contributed by atoms with Crippen molar-refractivity contribution in [3.05, 3.63) is 34.5 Å². The molecule has 0 saturated carbocycles. The van der Waals surface area contributed by atoms with E-state index in [-0.39, 0.29) is 12.5 Å². The number of benzene rings is 1. The summed E-state index contributed by atoms with van der Waals surface area (Å²) in [5.74, 6) is -1.90. The molecule has 0 fully saturated rings. The van der Waals surface area contributed by atoms with Crippen molar-refractivity contribution in [2.45, 2.75) is 5.92 Å². The second kappa shape index (κ2) is 5.86. The molecule has 23 heavy (non-hydrogen) atoms. The average molecular weight is 337 g/mol. The molecule has 1 atom stereocenters. The Balaban J connectivity index is 2.22. The van der Waals surface area contributed by atoms with Gasteiger partial charge in [0.1, 0.15) is 11.6 Å². The third-order valence-electron chi connectivity index (χ3n) is 4.31. The molecule has 6 nitrogen and oxygen atoms in total. The number of hydrogen-bond acceptors (Lipinski definition) is 3. The standard InChI is InChI=1S/C16H17ClN2O4/c1-18-12-4-3-9(17)7-10(12)13-11(16(21)22)8-19(5-6-23-2)15(20)14(13)18/h3-4,7,11H,5-6,8H2,1-2H3,(H,21,22). The van der Waals surface area contributed by atoms with E-state index in [0.29, 0.717) is 29.4 Å². The maximum absolute atomic E-state index is 12.8. The van der Waals surface area contributed by atoms with E-state index in [1.54, 1.807) is 30.9 Å². The molecule has 1 amide bonds. The van der Waals surface area contributed by atoms with Gasteiger partial charge in [-0.3, -0.25) is 9.59 Å². The number of fused-ring (bicyclic) bond motifs is 3. The van der Waals surface area contributed by atoms with E-state index >= 15 is 0 Å². The zero-order chi connectivity index (χ0) is 16.7. The first-order chi connectivity index (χ1) is 11.0. The van der Waals surface area contributed by atoms with Crippen molar-refractivity contribution in [2.24, 2.45) is 7.05 Å². The Hall–Kier alpha value is -2.05. The largest absolute Gasteiger partial charge is 0.481 e. The summed E-state index contributed by atoms with van der Waals surface area (Å²) in [6, 6.07) is 5.27. The molecule has 122 valence electrons. The van der Waals surface area contributed by atoms with Gasteiger partial charge in [-0.05, 0) is 18.2 Å². The van der Waals surface area contributed by atoms with E-state index in [2.05, 4.69) is 0 Å². The van der Waals surface area contributed by atoms with Crippen LogP contribution in [0.5, 0.6) is 0 Å². The van der Waals surface area contributed by atoms with E-state index in [0.717, 1.165) is 10.9 Å². The number of methoxy groups -OCH3 is 1. The van der Waals surface area contributed by atoms with E-state index in [9.17, 15) is 14.7 Å². The topological polar surface area (TPSA) is 71.8 Å². The maximum Gasteiger partial charge on any atom is 0.312 e. The van der Waals surface area contributed by atoms with Crippen LogP contribution in [0.2, 0.25) is 5.02 Å². The van der Waals surface area contributed by atoms with Crippen LogP contribution < -0.4 is 0 Å². The van der Waals surface area contributed by atoms with Crippen molar-refractivity contribution >= 4 is 34.4 Å². The van der Waals surface area contributed by atoms with Crippen LogP contribution in [-0.2, 0) is 16.6 Å². The normalized spacial score (nSPS) is 17.6. The summed E-state index contributed by atoms with van der Waals surface area (Å²) in [5.41, 5.74) is 1.76. The Morgan fingerprint density at radius 3 is 2.87 bits per heavy atom. The van der Waals surface area contributed by atoms with Crippen LogP contribution in [0.3, 0.4) is 0 Å². The Kier molecular flexibility index (Phi) is 4.04. The first kappa shape index (κ1) is 15.8. The Morgan fingerprint density at radius 1 is 1.48 bits per heavy atom. The van der Waals surface area contributed by atoms with E-state index < -0.39 is 11.9 Å². The third-order valence-corrected chi connectivity index (χ3v) is 4.54. The van der Waals surface area contributed by atoms with E-state index in [1.165, 1.54) is 4.90 Å². The minimum absolute atomic E-state index is 0.135. The fourth-order valence-electron chi connectivity index (χ4n) is 3.20. The third kappa shape index (κ3) is 2.48. The van der Waals surface area contributed by atoms with Crippen molar-refractivity contribution in [1.82, 2.24) is 9.47 Å². The summed E-state index contributed by atoms with van der Waals surface area (Å²) < 4.78 is 6.76. The molecule has 1 aromatic heterocycles. The maximum atomic E-state index is 12.8. The van der Waals surface area contributed by atoms with Crippen LogP contribution >= 0.6 is 11.6 Å². The Labute approximate surface area is 138 Å². The number of carboxylic acid groups (broad SMARTS) is 1. The van der Waals surface area contributed by atoms with Gasteiger partial charge in [0.25, 0.3) is 5.91 Å². The minimum atomic E-state index is -0.950. The summed E-state index contributed by atoms with van der Waals surface area (Å²) in [7, 11) is 3.32. The highest BCUT2D eigenvalue weighted by Gasteiger charge is 2.39. The summed E-state index contributed by atoms with van der Waals surface area (Å²) in [4.78, 5) is 26.1. The Bertz CT molecular complexity index is 799. The summed E-state index contributed by atoms with van der Waals surface area (Å²) in [6.45, 7) is 0.861. The van der Waals surface area contributed by atoms with Gasteiger partial charge in [-0.2, -0.15) is 0 Å². The number of aliphatic carboxylic acids is 1. The predicted molar refractivity (Wildman–Crippen MR) is 86.1 cm³/mol. The first-order valence-electron chi connectivity index (χ1n) is 7.24. The molecular formula is C16H17ClN2O4. The molecule has 0 radical (unpaired) electrons. The molecule has 3 rings (SSSR count). The fourth-order valence-corrected chi connectivity index (χ4v) is 3.37. The number of carbonyl (C=O) groups is 2. The molecule has 0 spiro atoms. The van der Waals surface area contributed by atoms with Gasteiger partial charge in [-0.15, -0.1) is 0 Å². The lowest BCUT2D eigenvalue weighted by atomic mass is 9.91. The van der Waals surface area contributed by atoms with Crippen LogP contribution in [-0.4, -0.2) is 53.3 Å². The fraction of sp³-hybridized carbons (Fsp3) is 0.375. The zero-order valence-electron chi connectivity index (χ0n) is 12.9. The van der Waals surface area contributed by atoms with Crippen molar-refractivity contribution in [3.63, 3.8) is 0 Å². The van der Waals surface area contributed by atoms with Crippen LogP contribution in [0.15, 0.2) is 18.2 Å². The summed E-state index contributed by atoms with van der Waals surface area (Å²) in [5, 5.41) is 10.9. The molecule has 0 saturated heterocycles. The number of aryl methyl sites for hydroxylation is 1. The molecule has 1 aromatic carbocycles. The van der Waals surface area contributed by atoms with Gasteiger partial charge in [-0.25, -0.2) is 0 Å². The lowest BCUT2D eigenvalue weighted by Crippen LogP contribution is -2.44. The first-order valence-corrected chi connectivity index (χ1v) is 7.62. The van der Waals surface area contributed by atoms with Gasteiger partial charge in [0.05, 0.1) is 6.61 Å². The molecule has 0 aliphatic carbocycles. The van der Waals surface area contributed by atoms with Crippen LogP contribution in [0.25, 0.3) is 10.9 Å². The number of carbonyl (C=O) groups excluding carboxylic acids is 1. The molecule has 0 bridgehead atoms. The number of amides is 1. The number of aromatic nitrogens is 1. The minimum Gasteiger partial charge on any atom is -0.481 e. The van der Waals surface area contributed by atoms with Gasteiger partial charge in [0.15, 0.2) is 0 Å². The molecule has 1 aliphatic heterocycles. The number of rotatable bonds is 4. The second-order valence-corrected chi connectivity index (χ2v) is 6.05. The highest BCUT2D eigenvalue weighted by molar-refractivity contribution is 6.31. The van der Waals surface area contributed by atoms with Crippen LogP contribution in [0, 0.1) is 0 Å². The van der Waals surface area contributed by atoms with Crippen LogP contribution in [0.1, 0.15) is 22.0 Å². The SMILES string of the molecule is COCCN1CC(C(=O)O)c2c(n(C)c3ccc(Cl)cc23)C1=O. The number of ether oxygens (including phenoxy) is 1. The zero-order valence-corrected chi connectivity index (χ0v) is 13.6. The van der Waals surface area contributed by atoms with Crippen molar-refractivity contribution in [3.8, 4) is 0 Å². The molecule has 1 unspecified atom stereocenters. The molecule has 7 heteroatoms. The highest BCUT2D eigenvalue weighted by Crippen LogP contribution is 2.37. The molecular weight excluding hydrogens is 320 g/mol. The molecule has 1 aliphatic rings. The molecule has 1 N–H and O–H groups in total. The van der Waals surface area contributed by atoms with Crippen molar-refractivity contribution in [2.75, 3.05) is 26.8 Å². The van der Waals surface area contributed by atoms with Crippen molar-refractivity contribution < 1.29 is 19.4 Å².